The first-order valence-corrected chi connectivity index (χ1v) is 17.3. The van der Waals surface area contributed by atoms with Gasteiger partial charge >= 0.3 is 194 Å². The Labute approximate surface area is 286 Å². The molecule has 1 aliphatic carbocycles. The molecule has 0 atom stereocenters. The fourth-order valence-electron chi connectivity index (χ4n) is 7.63. The van der Waals surface area contributed by atoms with Gasteiger partial charge in [-0.1, -0.05) is 41.5 Å². The number of hydrogen-bond donors (Lipinski definition) is 0. The van der Waals surface area contributed by atoms with Gasteiger partial charge in [0.2, 0.25) is 0 Å². The summed E-state index contributed by atoms with van der Waals surface area (Å²) in [7, 11) is 2.09. The Morgan fingerprint density at radius 1 is 0.702 bits per heavy atom. The number of ether oxygens (including phenoxy) is 1. The van der Waals surface area contributed by atoms with Crippen LogP contribution in [0.15, 0.2) is 85.1 Å². The molecule has 0 N–H and O–H groups in total. The Hall–Kier alpha value is -4.21. The summed E-state index contributed by atoms with van der Waals surface area (Å²) < 4.78 is 14.3. The van der Waals surface area contributed by atoms with Gasteiger partial charge in [0.1, 0.15) is 0 Å². The number of fused-ring (bicyclic) bond motifs is 5. The van der Waals surface area contributed by atoms with E-state index in [1.807, 2.05) is 30.5 Å². The normalized spacial score (nSPS) is 16.3. The average Bonchev–Trinajstić information content (AvgIpc) is 3.53. The molecule has 0 unspecified atom stereocenters. The first-order chi connectivity index (χ1) is 22.3. The number of benzene rings is 4. The van der Waals surface area contributed by atoms with E-state index in [0.29, 0.717) is 11.5 Å². The van der Waals surface area contributed by atoms with Gasteiger partial charge in [-0.25, -0.2) is 0 Å². The zero-order valence-electron chi connectivity index (χ0n) is 28.1. The Bertz CT molecular complexity index is 2470. The average molecular weight is 798 g/mol. The minimum Gasteiger partial charge on any atom is -0.0582 e. The number of imidazole rings is 1. The molecule has 0 bridgehead atoms. The Kier molecular flexibility index (Phi) is 6.51. The number of para-hydroxylation sites is 2. The summed E-state index contributed by atoms with van der Waals surface area (Å²) in [6.07, 6.45) is 1.89. The predicted molar refractivity (Wildman–Crippen MR) is 186 cm³/mol. The van der Waals surface area contributed by atoms with Crippen molar-refractivity contribution in [1.82, 2.24) is 18.7 Å². The molecule has 0 saturated heterocycles. The minimum atomic E-state index is -0.0138. The first kappa shape index (κ1) is 30.1. The molecule has 1 aliphatic rings. The maximum atomic E-state index is 6.52. The predicted octanol–water partition coefficient (Wildman–Crippen LogP) is 9.84. The molecule has 0 amide bonds. The minimum absolute atomic E-state index is 0.00357. The second-order valence-electron chi connectivity index (χ2n) is 14.5. The number of pyridine rings is 1. The van der Waals surface area contributed by atoms with E-state index >= 15 is 0 Å². The van der Waals surface area contributed by atoms with Crippen LogP contribution in [0.2, 0.25) is 0 Å². The van der Waals surface area contributed by atoms with Gasteiger partial charge < -0.3 is 0 Å². The quantitative estimate of drug-likeness (QED) is 0.167. The molecular formula is C41H38N4OPt-2. The second-order valence-corrected chi connectivity index (χ2v) is 15.5. The van der Waals surface area contributed by atoms with Crippen molar-refractivity contribution < 1.29 is 24.1 Å². The van der Waals surface area contributed by atoms with Crippen molar-refractivity contribution in [1.29, 1.82) is 0 Å². The third-order valence-corrected chi connectivity index (χ3v) is 12.8. The van der Waals surface area contributed by atoms with Crippen LogP contribution < -0.4 is 4.74 Å². The Balaban J connectivity index is 1.30. The van der Waals surface area contributed by atoms with Gasteiger partial charge in [-0.15, -0.1) is 0 Å². The van der Waals surface area contributed by atoms with E-state index in [4.69, 9.17) is 9.72 Å². The van der Waals surface area contributed by atoms with E-state index in [9.17, 15) is 0 Å². The molecule has 0 radical (unpaired) electrons. The summed E-state index contributed by atoms with van der Waals surface area (Å²) in [5.41, 5.74) is 9.34. The summed E-state index contributed by atoms with van der Waals surface area (Å²) in [6.45, 7) is 16.5. The summed E-state index contributed by atoms with van der Waals surface area (Å²) in [5.74, 6) is 2.15. The van der Waals surface area contributed by atoms with E-state index in [-0.39, 0.29) is 16.2 Å². The smallest absolute Gasteiger partial charge is 0.0582 e. The van der Waals surface area contributed by atoms with Gasteiger partial charge in [0.05, 0.1) is 0 Å². The summed E-state index contributed by atoms with van der Waals surface area (Å²) in [4.78, 5) is 4.85. The Morgan fingerprint density at radius 2 is 1.40 bits per heavy atom. The molecule has 7 aromatic rings. The standard InChI is InChI=1S/C41H38N4O.Pt/c1-26-18-19-42-38(20-26)45-36-22-29(46-28-13-11-12-27(21-28)44-25-43(8)34-14-9-10-15-35(34)44)16-17-30(36)31-23-32-33(24-37(31)45)40(4,5)41(6,7)39(32,2)3;/h9-20,23-24H,1-8H3;/q-2;. The molecule has 0 fully saturated rings. The molecule has 4 aromatic carbocycles. The number of aryl methyl sites for hydroxylation is 2. The van der Waals surface area contributed by atoms with Gasteiger partial charge in [0, 0.05) is 6.20 Å². The molecule has 0 saturated carbocycles. The number of hydrogen-bond acceptors (Lipinski definition) is 2. The van der Waals surface area contributed by atoms with Gasteiger partial charge in [-0.05, 0) is 45.9 Å². The SMILES string of the molecule is Cc1ccnc(-n2c3[c-]c(Oc4[c-]c(-n5[c](=[Pt])n(C)c6ccccc65)ccc4)ccc3c3cc4c(cc32)C(C)(C)C(C)(C)C4(C)C)c1. The van der Waals surface area contributed by atoms with E-state index in [1.165, 1.54) is 16.5 Å². The molecule has 5 nitrogen and oxygen atoms in total. The van der Waals surface area contributed by atoms with Crippen LogP contribution in [0.1, 0.15) is 58.2 Å². The monoisotopic (exact) mass is 797 g/mol. The molecular weight excluding hydrogens is 760 g/mol. The number of nitrogens with zero attached hydrogens (tertiary/aromatic N) is 4. The van der Waals surface area contributed by atoms with Crippen molar-refractivity contribution in [3.05, 3.63) is 118 Å². The van der Waals surface area contributed by atoms with Crippen LogP contribution in [0.5, 0.6) is 11.5 Å². The van der Waals surface area contributed by atoms with Crippen LogP contribution in [-0.4, -0.2) is 18.7 Å². The summed E-state index contributed by atoms with van der Waals surface area (Å²) in [6, 6.07) is 34.9. The molecule has 47 heavy (non-hydrogen) atoms. The van der Waals surface area contributed by atoms with Gasteiger partial charge in [-0.2, -0.15) is 0 Å². The van der Waals surface area contributed by atoms with Crippen LogP contribution in [-0.2, 0) is 37.2 Å². The topological polar surface area (TPSA) is 36.9 Å². The third-order valence-electron chi connectivity index (χ3n) is 11.5. The Morgan fingerprint density at radius 3 is 2.15 bits per heavy atom. The number of aromatic nitrogens is 4. The van der Waals surface area contributed by atoms with E-state index < -0.39 is 0 Å². The zero-order valence-corrected chi connectivity index (χ0v) is 30.4. The molecule has 0 aliphatic heterocycles. The molecule has 8 rings (SSSR count). The van der Waals surface area contributed by atoms with E-state index in [2.05, 4.69) is 155 Å². The fraction of sp³-hybridized carbons (Fsp3) is 0.268. The van der Waals surface area contributed by atoms with Crippen LogP contribution in [0.25, 0.3) is 44.3 Å². The molecule has 3 aromatic heterocycles. The maximum absolute atomic E-state index is 6.52. The van der Waals surface area contributed by atoms with Crippen LogP contribution in [0, 0.1) is 28.3 Å². The van der Waals surface area contributed by atoms with Crippen molar-refractivity contribution in [2.75, 3.05) is 0 Å². The molecule has 6 heteroatoms. The van der Waals surface area contributed by atoms with Gasteiger partial charge in [-0.3, -0.25) is 0 Å². The van der Waals surface area contributed by atoms with E-state index in [1.54, 1.807) is 0 Å². The van der Waals surface area contributed by atoms with Crippen molar-refractivity contribution >= 4 is 32.8 Å². The second kappa shape index (κ2) is 10.1. The third kappa shape index (κ3) is 4.18. The molecule has 240 valence electrons. The van der Waals surface area contributed by atoms with Crippen molar-refractivity contribution in [3.8, 4) is 23.0 Å². The number of rotatable bonds is 4. The first-order valence-electron chi connectivity index (χ1n) is 16.1. The van der Waals surface area contributed by atoms with Crippen molar-refractivity contribution in [2.45, 2.75) is 59.3 Å². The molecule has 0 spiro atoms. The van der Waals surface area contributed by atoms with Gasteiger partial charge in [0.15, 0.2) is 0 Å². The van der Waals surface area contributed by atoms with Crippen LogP contribution in [0.4, 0.5) is 0 Å². The van der Waals surface area contributed by atoms with Crippen molar-refractivity contribution in [2.24, 2.45) is 12.5 Å². The zero-order chi connectivity index (χ0) is 33.0. The summed E-state index contributed by atoms with van der Waals surface area (Å²) >= 11 is 2.37. The summed E-state index contributed by atoms with van der Waals surface area (Å²) in [5, 5.41) is 2.34. The fourth-order valence-corrected chi connectivity index (χ4v) is 8.45. The van der Waals surface area contributed by atoms with E-state index in [0.717, 1.165) is 48.3 Å². The molecule has 3 heterocycles. The van der Waals surface area contributed by atoms with Crippen LogP contribution >= 0.6 is 0 Å². The van der Waals surface area contributed by atoms with Crippen LogP contribution in [0.3, 0.4) is 0 Å². The van der Waals surface area contributed by atoms with Crippen molar-refractivity contribution in [3.63, 3.8) is 0 Å². The van der Waals surface area contributed by atoms with Gasteiger partial charge in [0.25, 0.3) is 0 Å².